The maximum Gasteiger partial charge on any atom is 0.230 e. The van der Waals surface area contributed by atoms with E-state index in [1.165, 1.54) is 0 Å². The molecule has 0 aromatic heterocycles. The van der Waals surface area contributed by atoms with Crippen molar-refractivity contribution in [2.75, 3.05) is 77.9 Å². The lowest BCUT2D eigenvalue weighted by molar-refractivity contribution is -0.118. The molecule has 0 aliphatic carbocycles. The van der Waals surface area contributed by atoms with Crippen molar-refractivity contribution in [2.24, 2.45) is 0 Å². The first-order valence-electron chi connectivity index (χ1n) is 7.46. The monoisotopic (exact) mass is 395 g/mol. The van der Waals surface area contributed by atoms with Crippen LogP contribution in [0, 0.1) is 12.3 Å². The molecule has 0 heterocycles. The summed E-state index contributed by atoms with van der Waals surface area (Å²) in [5, 5.41) is 2.99. The van der Waals surface area contributed by atoms with Gasteiger partial charge in [-0.05, 0) is 0 Å². The number of alkyl halides is 1. The van der Waals surface area contributed by atoms with Gasteiger partial charge in [-0.25, -0.2) is 0 Å². The summed E-state index contributed by atoms with van der Waals surface area (Å²) >= 11 is 3.06. The Morgan fingerprint density at radius 3 is 1.70 bits per heavy atom. The van der Waals surface area contributed by atoms with Crippen molar-refractivity contribution in [2.45, 2.75) is 0 Å². The molecule has 0 fully saturated rings. The molecule has 0 aliphatic rings. The van der Waals surface area contributed by atoms with Crippen LogP contribution in [0.2, 0.25) is 0 Å². The molecule has 0 aliphatic heterocycles. The van der Waals surface area contributed by atoms with Gasteiger partial charge in [0, 0.05) is 6.54 Å². The number of amides is 1. The third kappa shape index (κ3) is 19.3. The van der Waals surface area contributed by atoms with Crippen molar-refractivity contribution in [3.05, 3.63) is 0 Å². The van der Waals surface area contributed by atoms with Crippen molar-refractivity contribution in [1.82, 2.24) is 5.32 Å². The van der Waals surface area contributed by atoms with Crippen LogP contribution in [0.1, 0.15) is 0 Å². The molecule has 1 N–H and O–H groups in total. The molecule has 0 aromatic carbocycles. The molecule has 0 atom stereocenters. The van der Waals surface area contributed by atoms with Crippen LogP contribution < -0.4 is 5.32 Å². The molecule has 0 unspecified atom stereocenters. The molecule has 1 amide bonds. The molecule has 23 heavy (non-hydrogen) atoms. The molecular weight excluding hydrogens is 370 g/mol. The van der Waals surface area contributed by atoms with Crippen molar-refractivity contribution < 1.29 is 28.5 Å². The third-order valence-electron chi connectivity index (χ3n) is 2.36. The Labute approximate surface area is 146 Å². The highest BCUT2D eigenvalue weighted by Gasteiger charge is 1.96. The molecule has 8 heteroatoms. The molecule has 0 saturated carbocycles. The predicted molar refractivity (Wildman–Crippen MR) is 89.7 cm³/mol. The van der Waals surface area contributed by atoms with E-state index in [-0.39, 0.29) is 5.91 Å². The van der Waals surface area contributed by atoms with Crippen LogP contribution in [0.3, 0.4) is 0 Å². The standard InChI is InChI=1S/C15H26BrNO6/c1-2-4-19-6-8-21-10-12-23-13-11-22-9-7-20-5-3-17-15(18)14-16/h1H,3-14H2,(H,17,18). The fraction of sp³-hybridized carbons (Fsp3) is 0.800. The van der Waals surface area contributed by atoms with Gasteiger partial charge in [0.2, 0.25) is 5.91 Å². The molecule has 134 valence electrons. The maximum atomic E-state index is 10.9. The Kier molecular flexibility index (Phi) is 18.8. The fourth-order valence-electron chi connectivity index (χ4n) is 1.32. The van der Waals surface area contributed by atoms with Crippen LogP contribution in [0.25, 0.3) is 0 Å². The second-order valence-corrected chi connectivity index (χ2v) is 4.75. The highest BCUT2D eigenvalue weighted by atomic mass is 79.9. The van der Waals surface area contributed by atoms with E-state index in [1.54, 1.807) is 0 Å². The number of hydrogen-bond acceptors (Lipinski definition) is 6. The molecule has 0 aromatic rings. The molecular formula is C15H26BrNO6. The first-order valence-corrected chi connectivity index (χ1v) is 8.58. The van der Waals surface area contributed by atoms with E-state index in [0.29, 0.717) is 77.9 Å². The number of rotatable bonds is 17. The van der Waals surface area contributed by atoms with Gasteiger partial charge in [-0.1, -0.05) is 21.9 Å². The van der Waals surface area contributed by atoms with E-state index in [1.807, 2.05) is 0 Å². The zero-order valence-electron chi connectivity index (χ0n) is 13.4. The summed E-state index contributed by atoms with van der Waals surface area (Å²) in [5.41, 5.74) is 0. The smallest absolute Gasteiger partial charge is 0.230 e. The van der Waals surface area contributed by atoms with Crippen molar-refractivity contribution >= 4 is 21.8 Å². The second-order valence-electron chi connectivity index (χ2n) is 4.19. The van der Waals surface area contributed by atoms with E-state index < -0.39 is 0 Å². The van der Waals surface area contributed by atoms with E-state index in [9.17, 15) is 4.79 Å². The summed E-state index contributed by atoms with van der Waals surface area (Å²) in [7, 11) is 0. The quantitative estimate of drug-likeness (QED) is 0.215. The van der Waals surface area contributed by atoms with E-state index >= 15 is 0 Å². The Balaban J connectivity index is 3.00. The van der Waals surface area contributed by atoms with Gasteiger partial charge in [-0.3, -0.25) is 4.79 Å². The van der Waals surface area contributed by atoms with Crippen LogP contribution in [-0.4, -0.2) is 83.9 Å². The molecule has 0 spiro atoms. The minimum atomic E-state index is -0.0499. The molecule has 0 bridgehead atoms. The van der Waals surface area contributed by atoms with Crippen LogP contribution in [-0.2, 0) is 28.5 Å². The molecule has 0 rings (SSSR count). The summed E-state index contributed by atoms with van der Waals surface area (Å²) in [6.07, 6.45) is 5.03. The second kappa shape index (κ2) is 19.4. The normalized spacial score (nSPS) is 10.4. The SMILES string of the molecule is C#CCOCCOCCOCCOCCOCCNC(=O)CBr. The minimum Gasteiger partial charge on any atom is -0.377 e. The highest BCUT2D eigenvalue weighted by Crippen LogP contribution is 1.84. The van der Waals surface area contributed by atoms with Crippen molar-refractivity contribution in [3.8, 4) is 12.3 Å². The number of hydrogen-bond donors (Lipinski definition) is 1. The fourth-order valence-corrected chi connectivity index (χ4v) is 1.52. The number of terminal acetylenes is 1. The summed E-state index contributed by atoms with van der Waals surface area (Å²) in [6.45, 7) is 5.33. The molecule has 7 nitrogen and oxygen atoms in total. The number of carbonyl (C=O) groups excluding carboxylic acids is 1. The van der Waals surface area contributed by atoms with Crippen LogP contribution in [0.4, 0.5) is 0 Å². The van der Waals surface area contributed by atoms with Gasteiger partial charge in [0.15, 0.2) is 0 Å². The van der Waals surface area contributed by atoms with Gasteiger partial charge in [0.05, 0.1) is 64.8 Å². The summed E-state index contributed by atoms with van der Waals surface area (Å²) in [6, 6.07) is 0. The largest absolute Gasteiger partial charge is 0.377 e. The summed E-state index contributed by atoms with van der Waals surface area (Å²) in [5.74, 6) is 2.33. The van der Waals surface area contributed by atoms with Crippen molar-refractivity contribution in [3.63, 3.8) is 0 Å². The van der Waals surface area contributed by atoms with Crippen molar-refractivity contribution in [1.29, 1.82) is 0 Å². The lowest BCUT2D eigenvalue weighted by Gasteiger charge is -2.08. The number of carbonyl (C=O) groups is 1. The minimum absolute atomic E-state index is 0.0499. The Hall–Kier alpha value is -0.690. The van der Waals surface area contributed by atoms with E-state index in [4.69, 9.17) is 30.1 Å². The number of nitrogens with one attached hydrogen (secondary N) is 1. The van der Waals surface area contributed by atoms with Gasteiger partial charge >= 0.3 is 0 Å². The number of halogens is 1. The van der Waals surface area contributed by atoms with Crippen LogP contribution in [0.5, 0.6) is 0 Å². The first-order chi connectivity index (χ1) is 11.3. The lowest BCUT2D eigenvalue weighted by atomic mass is 10.6. The van der Waals surface area contributed by atoms with Crippen LogP contribution in [0.15, 0.2) is 0 Å². The maximum absolute atomic E-state index is 10.9. The average Bonchev–Trinajstić information content (AvgIpc) is 2.57. The zero-order chi connectivity index (χ0) is 17.0. The Morgan fingerprint density at radius 1 is 0.826 bits per heavy atom. The molecule has 0 radical (unpaired) electrons. The zero-order valence-corrected chi connectivity index (χ0v) is 15.0. The lowest BCUT2D eigenvalue weighted by Crippen LogP contribution is -2.28. The van der Waals surface area contributed by atoms with Gasteiger partial charge in [0.25, 0.3) is 0 Å². The molecule has 0 saturated heterocycles. The average molecular weight is 396 g/mol. The summed E-state index contributed by atoms with van der Waals surface area (Å²) < 4.78 is 26.3. The predicted octanol–water partition coefficient (Wildman–Crippen LogP) is 0.214. The number of ether oxygens (including phenoxy) is 5. The summed E-state index contributed by atoms with van der Waals surface area (Å²) in [4.78, 5) is 10.9. The van der Waals surface area contributed by atoms with Crippen LogP contribution >= 0.6 is 15.9 Å². The third-order valence-corrected chi connectivity index (χ3v) is 2.87. The van der Waals surface area contributed by atoms with Gasteiger partial charge < -0.3 is 29.0 Å². The van der Waals surface area contributed by atoms with Gasteiger partial charge in [-0.2, -0.15) is 0 Å². The van der Waals surface area contributed by atoms with Gasteiger partial charge in [-0.15, -0.1) is 6.42 Å². The van der Waals surface area contributed by atoms with E-state index in [2.05, 4.69) is 27.2 Å². The van der Waals surface area contributed by atoms with Gasteiger partial charge in [0.1, 0.15) is 6.61 Å². The van der Waals surface area contributed by atoms with E-state index in [0.717, 1.165) is 0 Å². The Bertz CT molecular complexity index is 311. The topological polar surface area (TPSA) is 75.2 Å². The first kappa shape index (κ1) is 22.3. The Morgan fingerprint density at radius 2 is 1.26 bits per heavy atom. The highest BCUT2D eigenvalue weighted by molar-refractivity contribution is 9.09.